The molecule has 4 heterocycles. The van der Waals surface area contributed by atoms with Gasteiger partial charge in [0.05, 0.1) is 46.8 Å². The van der Waals surface area contributed by atoms with Crippen LogP contribution in [-0.2, 0) is 31.2 Å². The highest BCUT2D eigenvalue weighted by Gasteiger charge is 2.31. The molecule has 0 amide bonds. The van der Waals surface area contributed by atoms with Gasteiger partial charge in [0.2, 0.25) is 0 Å². The van der Waals surface area contributed by atoms with E-state index in [1.165, 1.54) is 6.07 Å². The molecule has 3 aromatic heterocycles. The van der Waals surface area contributed by atoms with Gasteiger partial charge < -0.3 is 19.4 Å². The monoisotopic (exact) mass is 584 g/mol. The lowest BCUT2D eigenvalue weighted by Crippen LogP contribution is -2.31. The second kappa shape index (κ2) is 10.8. The molecule has 10 heteroatoms. The molecule has 8 nitrogen and oxygen atoms in total. The number of aryl methyl sites for hydroxylation is 2. The van der Waals surface area contributed by atoms with Crippen LogP contribution in [0.3, 0.4) is 0 Å². The first kappa shape index (κ1) is 27.7. The van der Waals surface area contributed by atoms with Crippen LogP contribution in [-0.4, -0.2) is 51.2 Å². The predicted octanol–water partition coefficient (Wildman–Crippen LogP) is 5.93. The number of benzene rings is 2. The zero-order chi connectivity index (χ0) is 29.8. The Kier molecular flexibility index (Phi) is 6.98. The van der Waals surface area contributed by atoms with Crippen molar-refractivity contribution in [1.29, 1.82) is 0 Å². The van der Waals surface area contributed by atoms with Crippen LogP contribution in [0.5, 0.6) is 5.75 Å². The van der Waals surface area contributed by atoms with E-state index in [2.05, 4.69) is 35.0 Å². The van der Waals surface area contributed by atoms with E-state index in [1.807, 2.05) is 24.7 Å². The van der Waals surface area contributed by atoms with Crippen molar-refractivity contribution < 1.29 is 18.3 Å². The van der Waals surface area contributed by atoms with Crippen LogP contribution in [0.25, 0.3) is 44.8 Å². The standard InChI is InChI=1S/C33H34F2N6O2/c1-18-28-17-26(39-41(28)11-10-36-18)33-30(31-24(35)15-21(34)16-29(31)43-13-12-42-4)22-6-5-7-23(22)32(38-33)20-8-9-27-25(14-20)37-19(2)40(27)3/h8-9,14-18,36H,5-7,10-13H2,1-4H3/t18-/m1/s1. The third-order valence-corrected chi connectivity index (χ3v) is 8.73. The molecule has 222 valence electrons. The summed E-state index contributed by atoms with van der Waals surface area (Å²) in [6.45, 7) is 6.05. The van der Waals surface area contributed by atoms with Gasteiger partial charge in [-0.25, -0.2) is 18.7 Å². The van der Waals surface area contributed by atoms with Gasteiger partial charge in [0, 0.05) is 50.0 Å². The Morgan fingerprint density at radius 1 is 1.00 bits per heavy atom. The van der Waals surface area contributed by atoms with Crippen molar-refractivity contribution in [2.45, 2.75) is 45.7 Å². The van der Waals surface area contributed by atoms with E-state index in [0.717, 1.165) is 83.4 Å². The lowest BCUT2D eigenvalue weighted by molar-refractivity contribution is 0.146. The van der Waals surface area contributed by atoms with Crippen molar-refractivity contribution in [3.63, 3.8) is 0 Å². The number of fused-ring (bicyclic) bond motifs is 3. The summed E-state index contributed by atoms with van der Waals surface area (Å²) in [6, 6.07) is 10.5. The van der Waals surface area contributed by atoms with Gasteiger partial charge >= 0.3 is 0 Å². The molecule has 2 aromatic carbocycles. The molecule has 0 spiro atoms. The van der Waals surface area contributed by atoms with E-state index in [-0.39, 0.29) is 30.6 Å². The Labute approximate surface area is 248 Å². The maximum absolute atomic E-state index is 16.0. The normalized spacial score (nSPS) is 16.1. The smallest absolute Gasteiger partial charge is 0.137 e. The third kappa shape index (κ3) is 4.69. The van der Waals surface area contributed by atoms with Gasteiger partial charge in [-0.15, -0.1) is 0 Å². The number of methoxy groups -OCH3 is 1. The highest BCUT2D eigenvalue weighted by atomic mass is 19.1. The number of imidazole rings is 1. The average Bonchev–Trinajstić information content (AvgIpc) is 3.71. The molecule has 0 bridgehead atoms. The molecule has 1 aliphatic heterocycles. The Morgan fingerprint density at radius 2 is 1.84 bits per heavy atom. The SMILES string of the molecule is COCCOc1cc(F)cc(F)c1-c1c(-c2cc3n(n2)CCN[C@@H]3C)nc(-c2ccc3c(c2)nc(C)n3C)c2c1CCC2. The van der Waals surface area contributed by atoms with E-state index >= 15 is 4.39 Å². The lowest BCUT2D eigenvalue weighted by atomic mass is 9.90. The van der Waals surface area contributed by atoms with Gasteiger partial charge in [-0.1, -0.05) is 6.07 Å². The van der Waals surface area contributed by atoms with Crippen LogP contribution in [0.2, 0.25) is 0 Å². The van der Waals surface area contributed by atoms with E-state index in [0.29, 0.717) is 17.0 Å². The molecule has 0 fully saturated rings. The van der Waals surface area contributed by atoms with Gasteiger partial charge in [-0.2, -0.15) is 5.10 Å². The van der Waals surface area contributed by atoms with Gasteiger partial charge in [-0.05, 0) is 62.4 Å². The fourth-order valence-corrected chi connectivity index (χ4v) is 6.53. The summed E-state index contributed by atoms with van der Waals surface area (Å²) in [7, 11) is 3.57. The van der Waals surface area contributed by atoms with Crippen LogP contribution in [0, 0.1) is 18.6 Å². The number of hydrogen-bond acceptors (Lipinski definition) is 6. The van der Waals surface area contributed by atoms with Gasteiger partial charge in [-0.3, -0.25) is 4.68 Å². The number of ether oxygens (including phenoxy) is 2. The van der Waals surface area contributed by atoms with E-state index in [4.69, 9.17) is 24.5 Å². The molecule has 1 atom stereocenters. The molecule has 0 saturated heterocycles. The number of nitrogens with one attached hydrogen (secondary N) is 1. The minimum Gasteiger partial charge on any atom is -0.490 e. The van der Waals surface area contributed by atoms with E-state index < -0.39 is 11.6 Å². The fraction of sp³-hybridized carbons (Fsp3) is 0.364. The van der Waals surface area contributed by atoms with E-state index in [9.17, 15) is 4.39 Å². The molecular formula is C33H34F2N6O2. The fourth-order valence-electron chi connectivity index (χ4n) is 6.53. The average molecular weight is 585 g/mol. The quantitative estimate of drug-likeness (QED) is 0.239. The Hall–Kier alpha value is -4.15. The van der Waals surface area contributed by atoms with Crippen LogP contribution in [0.1, 0.15) is 42.0 Å². The molecule has 43 heavy (non-hydrogen) atoms. The molecule has 0 unspecified atom stereocenters. The molecule has 7 rings (SSSR count). The number of halogens is 2. The minimum absolute atomic E-state index is 0.109. The highest BCUT2D eigenvalue weighted by Crippen LogP contribution is 2.47. The minimum atomic E-state index is -0.701. The summed E-state index contributed by atoms with van der Waals surface area (Å²) in [5, 5.41) is 8.46. The third-order valence-electron chi connectivity index (χ3n) is 8.73. The van der Waals surface area contributed by atoms with Crippen molar-refractivity contribution in [3.05, 3.63) is 70.7 Å². The summed E-state index contributed by atoms with van der Waals surface area (Å²) in [5.74, 6) is -0.334. The maximum Gasteiger partial charge on any atom is 0.137 e. The largest absolute Gasteiger partial charge is 0.490 e. The zero-order valence-corrected chi connectivity index (χ0v) is 24.8. The summed E-state index contributed by atoms with van der Waals surface area (Å²) in [5.41, 5.74) is 8.87. The second-order valence-corrected chi connectivity index (χ2v) is 11.4. The first-order valence-electron chi connectivity index (χ1n) is 14.8. The zero-order valence-electron chi connectivity index (χ0n) is 24.8. The highest BCUT2D eigenvalue weighted by molar-refractivity contribution is 5.91. The predicted molar refractivity (Wildman–Crippen MR) is 161 cm³/mol. The first-order valence-corrected chi connectivity index (χ1v) is 14.8. The summed E-state index contributed by atoms with van der Waals surface area (Å²) in [6.07, 6.45) is 2.43. The summed E-state index contributed by atoms with van der Waals surface area (Å²) >= 11 is 0. The molecule has 1 N–H and O–H groups in total. The van der Waals surface area contributed by atoms with Gasteiger partial charge in [0.1, 0.15) is 35.5 Å². The van der Waals surface area contributed by atoms with Gasteiger partial charge in [0.15, 0.2) is 0 Å². The lowest BCUT2D eigenvalue weighted by Gasteiger charge is -2.21. The van der Waals surface area contributed by atoms with Crippen molar-refractivity contribution in [2.24, 2.45) is 7.05 Å². The maximum atomic E-state index is 16.0. The number of hydrogen-bond donors (Lipinski definition) is 1. The topological polar surface area (TPSA) is 79.0 Å². The van der Waals surface area contributed by atoms with Crippen LogP contribution in [0.15, 0.2) is 36.4 Å². The molecule has 5 aromatic rings. The Morgan fingerprint density at radius 3 is 2.65 bits per heavy atom. The Bertz CT molecular complexity index is 1880. The van der Waals surface area contributed by atoms with Crippen molar-refractivity contribution in [3.8, 4) is 39.5 Å². The number of rotatable bonds is 7. The van der Waals surface area contributed by atoms with Crippen molar-refractivity contribution >= 4 is 11.0 Å². The van der Waals surface area contributed by atoms with Crippen molar-refractivity contribution in [2.75, 3.05) is 26.9 Å². The van der Waals surface area contributed by atoms with E-state index in [1.54, 1.807) is 7.11 Å². The van der Waals surface area contributed by atoms with Crippen LogP contribution in [0.4, 0.5) is 8.78 Å². The first-order chi connectivity index (χ1) is 20.8. The molecular weight excluding hydrogens is 550 g/mol. The Balaban J connectivity index is 1.51. The summed E-state index contributed by atoms with van der Waals surface area (Å²) < 4.78 is 45.7. The van der Waals surface area contributed by atoms with Gasteiger partial charge in [0.25, 0.3) is 0 Å². The molecule has 0 radical (unpaired) electrons. The number of pyridine rings is 1. The molecule has 0 saturated carbocycles. The van der Waals surface area contributed by atoms with Crippen molar-refractivity contribution in [1.82, 2.24) is 29.6 Å². The second-order valence-electron chi connectivity index (χ2n) is 11.4. The molecule has 1 aliphatic carbocycles. The number of aromatic nitrogens is 5. The number of nitrogens with zero attached hydrogens (tertiary/aromatic N) is 5. The molecule has 2 aliphatic rings. The van der Waals surface area contributed by atoms with Crippen LogP contribution < -0.4 is 10.1 Å². The summed E-state index contributed by atoms with van der Waals surface area (Å²) in [4.78, 5) is 10.1. The van der Waals surface area contributed by atoms with Crippen LogP contribution >= 0.6 is 0 Å².